The highest BCUT2D eigenvalue weighted by molar-refractivity contribution is 6.32. The van der Waals surface area contributed by atoms with Crippen molar-refractivity contribution in [3.63, 3.8) is 0 Å². The molecule has 1 aliphatic rings. The standard InChI is InChI=1S/C28H27ClN4O4/c1-18-5-7-20(8-6-18)11-16-23(34)31-24-25(29)33(28(37)32(2)27(24)36)17-3-4-19-9-14-22(15-10-19)30-26(35)21-12-13-21/h5-10,14-15,21H,11-13,16-17H2,1-2H3,(H,30,35)(H,31,34). The van der Waals surface area contributed by atoms with Crippen LogP contribution in [0.2, 0.25) is 5.15 Å². The molecule has 0 atom stereocenters. The van der Waals surface area contributed by atoms with Gasteiger partial charge in [-0.1, -0.05) is 53.3 Å². The molecule has 8 nitrogen and oxygen atoms in total. The number of benzene rings is 2. The Labute approximate surface area is 219 Å². The average Bonchev–Trinajstić information content (AvgIpc) is 3.74. The van der Waals surface area contributed by atoms with E-state index >= 15 is 0 Å². The number of aromatic nitrogens is 2. The van der Waals surface area contributed by atoms with E-state index < -0.39 is 11.2 Å². The van der Waals surface area contributed by atoms with Crippen LogP contribution in [-0.4, -0.2) is 20.9 Å². The molecule has 2 aromatic carbocycles. The van der Waals surface area contributed by atoms with Gasteiger partial charge in [-0.3, -0.25) is 23.5 Å². The van der Waals surface area contributed by atoms with Gasteiger partial charge in [-0.25, -0.2) is 4.79 Å². The van der Waals surface area contributed by atoms with E-state index in [2.05, 4.69) is 22.5 Å². The van der Waals surface area contributed by atoms with E-state index in [1.807, 2.05) is 31.2 Å². The summed E-state index contributed by atoms with van der Waals surface area (Å²) in [6, 6.07) is 14.9. The van der Waals surface area contributed by atoms with Gasteiger partial charge in [0, 0.05) is 30.6 Å². The van der Waals surface area contributed by atoms with Crippen molar-refractivity contribution in [3.8, 4) is 11.8 Å². The third-order valence-corrected chi connectivity index (χ3v) is 6.47. The normalized spacial score (nSPS) is 12.4. The largest absolute Gasteiger partial charge is 0.332 e. The first-order chi connectivity index (χ1) is 17.7. The highest BCUT2D eigenvalue weighted by Crippen LogP contribution is 2.30. The summed E-state index contributed by atoms with van der Waals surface area (Å²) < 4.78 is 2.02. The van der Waals surface area contributed by atoms with Crippen molar-refractivity contribution in [1.29, 1.82) is 0 Å². The smallest absolute Gasteiger partial charge is 0.326 e. The van der Waals surface area contributed by atoms with Gasteiger partial charge in [0.15, 0.2) is 0 Å². The minimum atomic E-state index is -0.688. The summed E-state index contributed by atoms with van der Waals surface area (Å²) in [5, 5.41) is 5.25. The SMILES string of the molecule is Cc1ccc(CCC(=O)Nc2c(Cl)n(CC#Cc3ccc(NC(=O)C4CC4)cc3)c(=O)n(C)c2=O)cc1. The third-order valence-electron chi connectivity index (χ3n) is 6.08. The van der Waals surface area contributed by atoms with Gasteiger partial charge < -0.3 is 10.6 Å². The van der Waals surface area contributed by atoms with Gasteiger partial charge >= 0.3 is 5.69 Å². The van der Waals surface area contributed by atoms with Crippen LogP contribution < -0.4 is 21.9 Å². The van der Waals surface area contributed by atoms with Crippen molar-refractivity contribution >= 4 is 34.8 Å². The number of hydrogen-bond acceptors (Lipinski definition) is 4. The summed E-state index contributed by atoms with van der Waals surface area (Å²) in [7, 11) is 1.32. The van der Waals surface area contributed by atoms with Crippen LogP contribution in [-0.2, 0) is 29.6 Å². The van der Waals surface area contributed by atoms with Gasteiger partial charge in [0.1, 0.15) is 10.8 Å². The first kappa shape index (κ1) is 26.0. The van der Waals surface area contributed by atoms with Crippen molar-refractivity contribution in [2.45, 2.75) is 39.2 Å². The van der Waals surface area contributed by atoms with Gasteiger partial charge in [0.05, 0.1) is 6.54 Å². The van der Waals surface area contributed by atoms with E-state index in [9.17, 15) is 19.2 Å². The summed E-state index contributed by atoms with van der Waals surface area (Å²) in [6.45, 7) is 1.90. The molecular formula is C28H27ClN4O4. The molecule has 0 unspecified atom stereocenters. The number of carbonyl (C=O) groups excluding carboxylic acids is 2. The van der Waals surface area contributed by atoms with E-state index in [1.165, 1.54) is 7.05 Å². The minimum Gasteiger partial charge on any atom is -0.326 e. The molecule has 4 rings (SSSR count). The molecule has 0 bridgehead atoms. The number of rotatable bonds is 7. The molecular weight excluding hydrogens is 492 g/mol. The van der Waals surface area contributed by atoms with Crippen LogP contribution >= 0.6 is 11.6 Å². The maximum absolute atomic E-state index is 12.7. The second kappa shape index (κ2) is 11.3. The molecule has 0 saturated heterocycles. The Balaban J connectivity index is 1.44. The highest BCUT2D eigenvalue weighted by atomic mass is 35.5. The minimum absolute atomic E-state index is 0.0283. The number of hydrogen-bond donors (Lipinski definition) is 2. The van der Waals surface area contributed by atoms with Gasteiger partial charge in [-0.15, -0.1) is 0 Å². The Kier molecular flexibility index (Phi) is 7.95. The van der Waals surface area contributed by atoms with Crippen molar-refractivity contribution in [2.75, 3.05) is 10.6 Å². The van der Waals surface area contributed by atoms with E-state index in [0.717, 1.165) is 33.1 Å². The highest BCUT2D eigenvalue weighted by Gasteiger charge is 2.29. The topological polar surface area (TPSA) is 102 Å². The predicted molar refractivity (Wildman–Crippen MR) is 144 cm³/mol. The molecule has 0 radical (unpaired) electrons. The Hall–Kier alpha value is -4.09. The number of carbonyl (C=O) groups is 2. The maximum Gasteiger partial charge on any atom is 0.332 e. The average molecular weight is 519 g/mol. The van der Waals surface area contributed by atoms with Crippen LogP contribution in [0.3, 0.4) is 0 Å². The molecule has 37 heavy (non-hydrogen) atoms. The quantitative estimate of drug-likeness (QED) is 0.369. The Morgan fingerprint density at radius 2 is 1.70 bits per heavy atom. The Morgan fingerprint density at radius 3 is 2.35 bits per heavy atom. The summed E-state index contributed by atoms with van der Waals surface area (Å²) >= 11 is 6.38. The lowest BCUT2D eigenvalue weighted by Crippen LogP contribution is -2.40. The first-order valence-corrected chi connectivity index (χ1v) is 12.3. The lowest BCUT2D eigenvalue weighted by atomic mass is 10.1. The Morgan fingerprint density at radius 1 is 1.03 bits per heavy atom. The third kappa shape index (κ3) is 6.57. The second-order valence-electron chi connectivity index (χ2n) is 9.08. The Bertz CT molecular complexity index is 1510. The van der Waals surface area contributed by atoms with Crippen molar-refractivity contribution < 1.29 is 9.59 Å². The van der Waals surface area contributed by atoms with Gasteiger partial charge in [-0.05, 0) is 56.0 Å². The van der Waals surface area contributed by atoms with Gasteiger partial charge in [-0.2, -0.15) is 0 Å². The summed E-state index contributed by atoms with van der Waals surface area (Å²) in [5.74, 6) is 5.59. The van der Waals surface area contributed by atoms with Crippen LogP contribution in [0.25, 0.3) is 0 Å². The van der Waals surface area contributed by atoms with Crippen LogP contribution in [0.1, 0.15) is 36.0 Å². The summed E-state index contributed by atoms with van der Waals surface area (Å²) in [5.41, 5.74) is 2.02. The monoisotopic (exact) mass is 518 g/mol. The lowest BCUT2D eigenvalue weighted by molar-refractivity contribution is -0.117. The van der Waals surface area contributed by atoms with Crippen LogP contribution in [0, 0.1) is 24.7 Å². The summed E-state index contributed by atoms with van der Waals surface area (Å²) in [4.78, 5) is 49.7. The van der Waals surface area contributed by atoms with E-state index in [4.69, 9.17) is 11.6 Å². The molecule has 1 heterocycles. The zero-order valence-corrected chi connectivity index (χ0v) is 21.4. The molecule has 0 spiro atoms. The predicted octanol–water partition coefficient (Wildman–Crippen LogP) is 3.48. The second-order valence-corrected chi connectivity index (χ2v) is 9.43. The fourth-order valence-corrected chi connectivity index (χ4v) is 3.91. The molecule has 9 heteroatoms. The van der Waals surface area contributed by atoms with Gasteiger partial charge in [0.2, 0.25) is 11.8 Å². The van der Waals surface area contributed by atoms with Crippen molar-refractivity contribution in [3.05, 3.63) is 91.2 Å². The zero-order valence-electron chi connectivity index (χ0n) is 20.6. The fraction of sp³-hybridized carbons (Fsp3) is 0.286. The molecule has 1 aromatic heterocycles. The van der Waals surface area contributed by atoms with Gasteiger partial charge in [0.25, 0.3) is 5.56 Å². The van der Waals surface area contributed by atoms with Crippen LogP contribution in [0.5, 0.6) is 0 Å². The van der Waals surface area contributed by atoms with E-state index in [1.54, 1.807) is 24.3 Å². The lowest BCUT2D eigenvalue weighted by Gasteiger charge is -2.13. The zero-order chi connectivity index (χ0) is 26.5. The number of nitrogens with zero attached hydrogens (tertiary/aromatic N) is 2. The molecule has 2 amide bonds. The number of anilines is 2. The van der Waals surface area contributed by atoms with Crippen LogP contribution in [0.15, 0.2) is 58.1 Å². The van der Waals surface area contributed by atoms with Crippen molar-refractivity contribution in [1.82, 2.24) is 9.13 Å². The van der Waals surface area contributed by atoms with Crippen molar-refractivity contribution in [2.24, 2.45) is 13.0 Å². The molecule has 0 aliphatic heterocycles. The van der Waals surface area contributed by atoms with E-state index in [0.29, 0.717) is 17.7 Å². The molecule has 190 valence electrons. The first-order valence-electron chi connectivity index (χ1n) is 12.0. The molecule has 1 aliphatic carbocycles. The molecule has 3 aromatic rings. The fourth-order valence-electron chi connectivity index (χ4n) is 3.65. The summed E-state index contributed by atoms with van der Waals surface area (Å²) in [6.07, 6.45) is 2.51. The number of nitrogens with one attached hydrogen (secondary N) is 2. The number of halogens is 1. The van der Waals surface area contributed by atoms with Crippen LogP contribution in [0.4, 0.5) is 11.4 Å². The number of aryl methyl sites for hydroxylation is 2. The molecule has 1 fully saturated rings. The van der Waals surface area contributed by atoms with E-state index in [-0.39, 0.29) is 41.5 Å². The molecule has 2 N–H and O–H groups in total. The molecule has 1 saturated carbocycles. The number of amides is 2. The maximum atomic E-state index is 12.7.